The third-order valence-electron chi connectivity index (χ3n) is 7.37. The van der Waals surface area contributed by atoms with E-state index >= 15 is 0 Å². The van der Waals surface area contributed by atoms with E-state index in [4.69, 9.17) is 0 Å². The smallest absolute Gasteiger partial charge is 0.248 e. The second kappa shape index (κ2) is 7.88. The highest BCUT2D eigenvalue weighted by Gasteiger charge is 2.52. The van der Waals surface area contributed by atoms with Crippen LogP contribution in [0.15, 0.2) is 24.5 Å². The first-order chi connectivity index (χ1) is 15.7. The van der Waals surface area contributed by atoms with E-state index in [1.54, 1.807) is 0 Å². The van der Waals surface area contributed by atoms with E-state index < -0.39 is 5.54 Å². The molecule has 4 aliphatic rings. The van der Waals surface area contributed by atoms with Crippen molar-refractivity contribution in [1.29, 1.82) is 0 Å². The van der Waals surface area contributed by atoms with Gasteiger partial charge in [-0.25, -0.2) is 9.97 Å². The van der Waals surface area contributed by atoms with Crippen molar-refractivity contribution in [3.05, 3.63) is 30.1 Å². The second-order valence-electron chi connectivity index (χ2n) is 9.41. The Morgan fingerprint density at radius 2 is 1.91 bits per heavy atom. The Bertz CT molecular complexity index is 1000. The fourth-order valence-electron chi connectivity index (χ4n) is 5.61. The first-order valence-electron chi connectivity index (χ1n) is 11.8. The van der Waals surface area contributed by atoms with Gasteiger partial charge >= 0.3 is 0 Å². The molecule has 1 amide bonds. The van der Waals surface area contributed by atoms with Crippen molar-refractivity contribution in [3.63, 3.8) is 0 Å². The molecule has 168 valence electrons. The Kier molecular flexibility index (Phi) is 4.86. The zero-order valence-electron chi connectivity index (χ0n) is 18.3. The Hall–Kier alpha value is -2.94. The van der Waals surface area contributed by atoms with Crippen molar-refractivity contribution < 1.29 is 4.79 Å². The summed E-state index contributed by atoms with van der Waals surface area (Å²) in [6, 6.07) is 4.46. The molecule has 1 spiro atoms. The number of hydrogen-bond acceptors (Lipinski definition) is 8. The van der Waals surface area contributed by atoms with Gasteiger partial charge in [0.15, 0.2) is 0 Å². The van der Waals surface area contributed by atoms with Gasteiger partial charge in [0.1, 0.15) is 17.2 Å². The van der Waals surface area contributed by atoms with E-state index in [0.29, 0.717) is 18.4 Å². The number of amides is 1. The predicted octanol–water partition coefficient (Wildman–Crippen LogP) is 1.91. The topological polar surface area (TPSA) is 98.3 Å². The summed E-state index contributed by atoms with van der Waals surface area (Å²) in [4.78, 5) is 31.5. The monoisotopic (exact) mass is 434 g/mol. The zero-order chi connectivity index (χ0) is 21.5. The lowest BCUT2D eigenvalue weighted by Gasteiger charge is -2.28. The van der Waals surface area contributed by atoms with Crippen molar-refractivity contribution in [2.24, 2.45) is 0 Å². The minimum atomic E-state index is -0.537. The molecule has 3 aliphatic heterocycles. The molecular weight excluding hydrogens is 404 g/mol. The molecule has 0 radical (unpaired) electrons. The van der Waals surface area contributed by atoms with Crippen molar-refractivity contribution in [1.82, 2.24) is 25.2 Å². The average molecular weight is 435 g/mol. The van der Waals surface area contributed by atoms with Crippen LogP contribution in [0.3, 0.4) is 0 Å². The standard InChI is InChI=1S/C23H30N8O/c32-21-23(7-10-31(21)18-3-1-2-4-18)13-16-14-26-22(28-20(16)29-23)27-17-5-6-19(25-15-17)30-11-8-24-9-12-30/h5-6,14-15,18,24H,1-4,7-13H2,(H2,26,27,28,29). The lowest BCUT2D eigenvalue weighted by molar-refractivity contribution is -0.133. The van der Waals surface area contributed by atoms with Gasteiger partial charge < -0.3 is 25.8 Å². The van der Waals surface area contributed by atoms with Gasteiger partial charge in [0, 0.05) is 56.9 Å². The van der Waals surface area contributed by atoms with Crippen molar-refractivity contribution in [2.75, 3.05) is 48.3 Å². The van der Waals surface area contributed by atoms with Crippen LogP contribution in [0, 0.1) is 0 Å². The first-order valence-corrected chi connectivity index (χ1v) is 11.8. The van der Waals surface area contributed by atoms with Gasteiger partial charge in [-0.05, 0) is 31.4 Å². The number of likely N-dealkylation sites (tertiary alicyclic amines) is 1. The summed E-state index contributed by atoms with van der Waals surface area (Å²) in [6.07, 6.45) is 9.93. The SMILES string of the molecule is O=C1N(C2CCCC2)CCC12Cc1cnc(Nc3ccc(N4CCNCC4)nc3)nc1N2. The molecule has 3 fully saturated rings. The molecule has 0 bridgehead atoms. The molecule has 32 heavy (non-hydrogen) atoms. The number of hydrogen-bond donors (Lipinski definition) is 3. The maximum atomic E-state index is 13.3. The number of pyridine rings is 1. The average Bonchev–Trinajstić information content (AvgIpc) is 3.55. The van der Waals surface area contributed by atoms with Crippen molar-refractivity contribution in [3.8, 4) is 0 Å². The zero-order valence-corrected chi connectivity index (χ0v) is 18.3. The maximum Gasteiger partial charge on any atom is 0.248 e. The van der Waals surface area contributed by atoms with Gasteiger partial charge in [-0.1, -0.05) is 12.8 Å². The van der Waals surface area contributed by atoms with Crippen LogP contribution in [0.5, 0.6) is 0 Å². The van der Waals surface area contributed by atoms with Crippen LogP contribution >= 0.6 is 0 Å². The molecule has 9 nitrogen and oxygen atoms in total. The minimum Gasteiger partial charge on any atom is -0.355 e. The van der Waals surface area contributed by atoms with E-state index in [1.165, 1.54) is 12.8 Å². The van der Waals surface area contributed by atoms with Gasteiger partial charge in [-0.3, -0.25) is 4.79 Å². The molecule has 1 saturated carbocycles. The fourth-order valence-corrected chi connectivity index (χ4v) is 5.61. The lowest BCUT2D eigenvalue weighted by atomic mass is 9.94. The number of carbonyl (C=O) groups excluding carboxylic acids is 1. The molecule has 0 aromatic carbocycles. The van der Waals surface area contributed by atoms with E-state index in [1.807, 2.05) is 24.5 Å². The van der Waals surface area contributed by atoms with Crippen molar-refractivity contribution in [2.45, 2.75) is 50.1 Å². The van der Waals surface area contributed by atoms with Crippen LogP contribution < -0.4 is 20.9 Å². The van der Waals surface area contributed by atoms with Gasteiger partial charge in [0.05, 0.1) is 11.9 Å². The highest BCUT2D eigenvalue weighted by molar-refractivity contribution is 5.94. The van der Waals surface area contributed by atoms with Crippen LogP contribution in [-0.4, -0.2) is 70.1 Å². The molecule has 2 aromatic rings. The highest BCUT2D eigenvalue weighted by Crippen LogP contribution is 2.40. The Balaban J connectivity index is 1.14. The summed E-state index contributed by atoms with van der Waals surface area (Å²) in [6.45, 7) is 4.75. The van der Waals surface area contributed by atoms with Crippen LogP contribution in [0.1, 0.15) is 37.7 Å². The second-order valence-corrected chi connectivity index (χ2v) is 9.41. The van der Waals surface area contributed by atoms with Gasteiger partial charge in [0.25, 0.3) is 0 Å². The number of anilines is 4. The molecule has 2 saturated heterocycles. The third kappa shape index (κ3) is 3.44. The van der Waals surface area contributed by atoms with Crippen LogP contribution in [0.4, 0.5) is 23.3 Å². The molecule has 3 N–H and O–H groups in total. The molecule has 1 unspecified atom stereocenters. The summed E-state index contributed by atoms with van der Waals surface area (Å²) in [5.74, 6) is 2.52. The molecular formula is C23H30N8O. The number of nitrogens with one attached hydrogen (secondary N) is 3. The van der Waals surface area contributed by atoms with Crippen LogP contribution in [0.2, 0.25) is 0 Å². The van der Waals surface area contributed by atoms with Crippen LogP contribution in [0.25, 0.3) is 0 Å². The molecule has 1 atom stereocenters. The predicted molar refractivity (Wildman–Crippen MR) is 123 cm³/mol. The third-order valence-corrected chi connectivity index (χ3v) is 7.37. The highest BCUT2D eigenvalue weighted by atomic mass is 16.2. The molecule has 9 heteroatoms. The quantitative estimate of drug-likeness (QED) is 0.671. The summed E-state index contributed by atoms with van der Waals surface area (Å²) < 4.78 is 0. The van der Waals surface area contributed by atoms with E-state index in [2.05, 4.69) is 40.7 Å². The summed E-state index contributed by atoms with van der Waals surface area (Å²) in [5, 5.41) is 10.1. The normalized spacial score (nSPS) is 25.4. The Morgan fingerprint density at radius 1 is 1.06 bits per heavy atom. The maximum absolute atomic E-state index is 13.3. The number of fused-ring (bicyclic) bond motifs is 1. The number of piperazine rings is 1. The van der Waals surface area contributed by atoms with Gasteiger partial charge in [-0.15, -0.1) is 0 Å². The van der Waals surface area contributed by atoms with E-state index in [9.17, 15) is 4.79 Å². The number of carbonyl (C=O) groups is 1. The molecule has 6 rings (SSSR count). The molecule has 1 aliphatic carbocycles. The van der Waals surface area contributed by atoms with E-state index in [-0.39, 0.29) is 5.91 Å². The fraction of sp³-hybridized carbons (Fsp3) is 0.565. The summed E-state index contributed by atoms with van der Waals surface area (Å²) >= 11 is 0. The Labute approximate surface area is 188 Å². The van der Waals surface area contributed by atoms with Gasteiger partial charge in [0.2, 0.25) is 11.9 Å². The summed E-state index contributed by atoms with van der Waals surface area (Å²) in [7, 11) is 0. The van der Waals surface area contributed by atoms with Crippen molar-refractivity contribution >= 4 is 29.2 Å². The Morgan fingerprint density at radius 3 is 2.69 bits per heavy atom. The summed E-state index contributed by atoms with van der Waals surface area (Å²) in [5.41, 5.74) is 1.33. The first kappa shape index (κ1) is 19.7. The number of nitrogens with zero attached hydrogens (tertiary/aromatic N) is 5. The molecule has 2 aromatic heterocycles. The largest absolute Gasteiger partial charge is 0.355 e. The molecule has 5 heterocycles. The number of rotatable bonds is 4. The van der Waals surface area contributed by atoms with Crippen LogP contribution in [-0.2, 0) is 11.2 Å². The number of aromatic nitrogens is 3. The minimum absolute atomic E-state index is 0.240. The van der Waals surface area contributed by atoms with Gasteiger partial charge in [-0.2, -0.15) is 4.98 Å². The van der Waals surface area contributed by atoms with E-state index in [0.717, 1.165) is 74.9 Å². The lowest BCUT2D eigenvalue weighted by Crippen LogP contribution is -2.47.